The zero-order chi connectivity index (χ0) is 16.9. The van der Waals surface area contributed by atoms with Gasteiger partial charge in [-0.3, -0.25) is 4.79 Å². The van der Waals surface area contributed by atoms with Crippen molar-refractivity contribution >= 4 is 17.4 Å². The van der Waals surface area contributed by atoms with Crippen LogP contribution < -0.4 is 5.32 Å². The van der Waals surface area contributed by atoms with Crippen molar-refractivity contribution in [1.82, 2.24) is 15.1 Å². The van der Waals surface area contributed by atoms with Gasteiger partial charge in [-0.15, -0.1) is 10.2 Å². The Hall–Kier alpha value is -2.43. The molecule has 1 aliphatic heterocycles. The molecule has 1 aromatic heterocycles. The van der Waals surface area contributed by atoms with E-state index in [2.05, 4.69) is 41.5 Å². The molecule has 24 heavy (non-hydrogen) atoms. The van der Waals surface area contributed by atoms with E-state index in [1.807, 2.05) is 17.0 Å². The normalized spacial score (nSPS) is 15.0. The molecule has 1 aliphatic rings. The van der Waals surface area contributed by atoms with E-state index in [9.17, 15) is 4.79 Å². The first kappa shape index (κ1) is 16.4. The predicted octanol–water partition coefficient (Wildman–Crippen LogP) is 3.85. The minimum absolute atomic E-state index is 0.0119. The minimum atomic E-state index is -0.0119. The molecule has 0 atom stereocenters. The molecule has 1 aromatic carbocycles. The van der Waals surface area contributed by atoms with Gasteiger partial charge >= 0.3 is 0 Å². The highest BCUT2D eigenvalue weighted by Gasteiger charge is 2.18. The van der Waals surface area contributed by atoms with E-state index in [1.54, 1.807) is 6.07 Å². The maximum Gasteiger partial charge on any atom is 0.274 e. The standard InChI is InChI=1S/C19H24N4O/c1-14-7-8-16(13-15(14)2)20-18-10-9-17(21-22-18)19(24)23-11-5-3-4-6-12-23/h7-10,13H,3-6,11-12H2,1-2H3,(H,20,22). The van der Waals surface area contributed by atoms with Gasteiger partial charge in [0, 0.05) is 18.8 Å². The summed E-state index contributed by atoms with van der Waals surface area (Å²) in [6.45, 7) is 5.81. The number of rotatable bonds is 3. The van der Waals surface area contributed by atoms with Gasteiger partial charge in [-0.25, -0.2) is 0 Å². The molecule has 3 rings (SSSR count). The lowest BCUT2D eigenvalue weighted by Gasteiger charge is -2.19. The van der Waals surface area contributed by atoms with Crippen molar-refractivity contribution in [2.45, 2.75) is 39.5 Å². The average Bonchev–Trinajstić information content (AvgIpc) is 2.88. The third-order valence-corrected chi connectivity index (χ3v) is 4.56. The molecule has 1 amide bonds. The highest BCUT2D eigenvalue weighted by atomic mass is 16.2. The molecule has 0 saturated carbocycles. The Labute approximate surface area is 143 Å². The predicted molar refractivity (Wildman–Crippen MR) is 95.6 cm³/mol. The number of amides is 1. The summed E-state index contributed by atoms with van der Waals surface area (Å²) in [4.78, 5) is 14.4. The Morgan fingerprint density at radius 1 is 0.958 bits per heavy atom. The molecule has 1 saturated heterocycles. The lowest BCUT2D eigenvalue weighted by molar-refractivity contribution is 0.0754. The number of carbonyl (C=O) groups excluding carboxylic acids is 1. The molecule has 0 bridgehead atoms. The summed E-state index contributed by atoms with van der Waals surface area (Å²) in [5, 5.41) is 11.5. The van der Waals surface area contributed by atoms with E-state index in [-0.39, 0.29) is 5.91 Å². The zero-order valence-corrected chi connectivity index (χ0v) is 14.4. The van der Waals surface area contributed by atoms with Crippen LogP contribution in [0.2, 0.25) is 0 Å². The van der Waals surface area contributed by atoms with Crippen molar-refractivity contribution in [3.8, 4) is 0 Å². The fourth-order valence-electron chi connectivity index (χ4n) is 2.92. The van der Waals surface area contributed by atoms with Crippen molar-refractivity contribution in [3.63, 3.8) is 0 Å². The molecule has 0 unspecified atom stereocenters. The second-order valence-electron chi connectivity index (χ2n) is 6.43. The van der Waals surface area contributed by atoms with E-state index in [4.69, 9.17) is 0 Å². The van der Waals surface area contributed by atoms with Crippen molar-refractivity contribution in [1.29, 1.82) is 0 Å². The van der Waals surface area contributed by atoms with E-state index in [1.165, 1.54) is 24.0 Å². The maximum absolute atomic E-state index is 12.5. The molecule has 5 nitrogen and oxygen atoms in total. The van der Waals surface area contributed by atoms with Crippen molar-refractivity contribution in [2.75, 3.05) is 18.4 Å². The second-order valence-corrected chi connectivity index (χ2v) is 6.43. The summed E-state index contributed by atoms with van der Waals surface area (Å²) >= 11 is 0. The van der Waals surface area contributed by atoms with Crippen LogP contribution in [0.3, 0.4) is 0 Å². The van der Waals surface area contributed by atoms with E-state index < -0.39 is 0 Å². The van der Waals surface area contributed by atoms with E-state index >= 15 is 0 Å². The molecule has 1 fully saturated rings. The fourth-order valence-corrected chi connectivity index (χ4v) is 2.92. The Balaban J connectivity index is 1.68. The highest BCUT2D eigenvalue weighted by Crippen LogP contribution is 2.18. The van der Waals surface area contributed by atoms with Gasteiger partial charge in [0.2, 0.25) is 0 Å². The zero-order valence-electron chi connectivity index (χ0n) is 14.4. The lowest BCUT2D eigenvalue weighted by atomic mass is 10.1. The highest BCUT2D eigenvalue weighted by molar-refractivity contribution is 5.92. The number of aromatic nitrogens is 2. The number of carbonyl (C=O) groups is 1. The number of benzene rings is 1. The van der Waals surface area contributed by atoms with Gasteiger partial charge in [-0.2, -0.15) is 0 Å². The first-order valence-corrected chi connectivity index (χ1v) is 8.61. The van der Waals surface area contributed by atoms with Gasteiger partial charge < -0.3 is 10.2 Å². The van der Waals surface area contributed by atoms with Gasteiger partial charge in [0.25, 0.3) is 5.91 Å². The molecular weight excluding hydrogens is 300 g/mol. The van der Waals surface area contributed by atoms with Crippen LogP contribution in [0.15, 0.2) is 30.3 Å². The summed E-state index contributed by atoms with van der Waals surface area (Å²) in [5.74, 6) is 0.632. The third kappa shape index (κ3) is 3.91. The number of nitrogens with one attached hydrogen (secondary N) is 1. The Bertz CT molecular complexity index is 704. The molecule has 1 N–H and O–H groups in total. The summed E-state index contributed by atoms with van der Waals surface area (Å²) in [6, 6.07) is 9.73. The van der Waals surface area contributed by atoms with Crippen LogP contribution >= 0.6 is 0 Å². The summed E-state index contributed by atoms with van der Waals surface area (Å²) in [7, 11) is 0. The van der Waals surface area contributed by atoms with Gasteiger partial charge in [0.15, 0.2) is 11.5 Å². The second kappa shape index (κ2) is 7.43. The average molecular weight is 324 g/mol. The van der Waals surface area contributed by atoms with Crippen molar-refractivity contribution in [3.05, 3.63) is 47.2 Å². The minimum Gasteiger partial charge on any atom is -0.339 e. The summed E-state index contributed by atoms with van der Waals surface area (Å²) in [5.41, 5.74) is 3.87. The Morgan fingerprint density at radius 2 is 1.71 bits per heavy atom. The molecular formula is C19H24N4O. The van der Waals surface area contributed by atoms with Crippen molar-refractivity contribution in [2.24, 2.45) is 0 Å². The number of hydrogen-bond acceptors (Lipinski definition) is 4. The molecule has 126 valence electrons. The fraction of sp³-hybridized carbons (Fsp3) is 0.421. The van der Waals surface area contributed by atoms with E-state index in [0.29, 0.717) is 11.5 Å². The van der Waals surface area contributed by atoms with Crippen LogP contribution in [0.5, 0.6) is 0 Å². The third-order valence-electron chi connectivity index (χ3n) is 4.56. The number of hydrogen-bond donors (Lipinski definition) is 1. The first-order valence-electron chi connectivity index (χ1n) is 8.61. The summed E-state index contributed by atoms with van der Waals surface area (Å²) < 4.78 is 0. The lowest BCUT2D eigenvalue weighted by Crippen LogP contribution is -2.32. The topological polar surface area (TPSA) is 58.1 Å². The quantitative estimate of drug-likeness (QED) is 0.931. The van der Waals surface area contributed by atoms with Crippen LogP contribution in [0.1, 0.15) is 47.3 Å². The number of anilines is 2. The SMILES string of the molecule is Cc1ccc(Nc2ccc(C(=O)N3CCCCCC3)nn2)cc1C. The molecule has 0 radical (unpaired) electrons. The van der Waals surface area contributed by atoms with Gasteiger partial charge in [0.1, 0.15) is 0 Å². The molecule has 0 spiro atoms. The van der Waals surface area contributed by atoms with Crippen LogP contribution in [0, 0.1) is 13.8 Å². The number of aryl methyl sites for hydroxylation is 2. The largest absolute Gasteiger partial charge is 0.339 e. The summed E-state index contributed by atoms with van der Waals surface area (Å²) in [6.07, 6.45) is 4.56. The van der Waals surface area contributed by atoms with Crippen LogP contribution in [-0.2, 0) is 0 Å². The molecule has 2 aromatic rings. The first-order chi connectivity index (χ1) is 11.6. The smallest absolute Gasteiger partial charge is 0.274 e. The van der Waals surface area contributed by atoms with Crippen LogP contribution in [0.4, 0.5) is 11.5 Å². The monoisotopic (exact) mass is 324 g/mol. The Kier molecular flexibility index (Phi) is 5.08. The van der Waals surface area contributed by atoms with Gasteiger partial charge in [0.05, 0.1) is 0 Å². The van der Waals surface area contributed by atoms with Crippen molar-refractivity contribution < 1.29 is 4.79 Å². The van der Waals surface area contributed by atoms with Gasteiger partial charge in [-0.05, 0) is 62.1 Å². The molecule has 5 heteroatoms. The number of likely N-dealkylation sites (tertiary alicyclic amines) is 1. The number of nitrogens with zero attached hydrogens (tertiary/aromatic N) is 3. The maximum atomic E-state index is 12.5. The molecule has 0 aliphatic carbocycles. The van der Waals surface area contributed by atoms with Gasteiger partial charge in [-0.1, -0.05) is 18.9 Å². The van der Waals surface area contributed by atoms with Crippen LogP contribution in [0.25, 0.3) is 0 Å². The molecule has 2 heterocycles. The Morgan fingerprint density at radius 3 is 2.33 bits per heavy atom. The van der Waals surface area contributed by atoms with Crippen LogP contribution in [-0.4, -0.2) is 34.1 Å². The van der Waals surface area contributed by atoms with E-state index in [0.717, 1.165) is 31.6 Å².